The molecule has 1 aliphatic rings. The van der Waals surface area contributed by atoms with Crippen LogP contribution in [0.25, 0.3) is 22.0 Å². The van der Waals surface area contributed by atoms with E-state index in [-0.39, 0.29) is 18.5 Å². The molecular weight excluding hydrogens is 432 g/mol. The van der Waals surface area contributed by atoms with E-state index < -0.39 is 5.97 Å². The molecule has 1 aliphatic heterocycles. The van der Waals surface area contributed by atoms with Crippen LogP contribution in [0.15, 0.2) is 53.1 Å². The van der Waals surface area contributed by atoms with Gasteiger partial charge in [-0.25, -0.2) is 14.8 Å². The fourth-order valence-corrected chi connectivity index (χ4v) is 4.48. The maximum Gasteiger partial charge on any atom is 0.376 e. The molecule has 0 bridgehead atoms. The van der Waals surface area contributed by atoms with Gasteiger partial charge in [-0.15, -0.1) is 0 Å². The number of hydrogen-bond donors (Lipinski definition) is 0. The Morgan fingerprint density at radius 2 is 1.97 bits per heavy atom. The van der Waals surface area contributed by atoms with E-state index in [2.05, 4.69) is 27.2 Å². The summed E-state index contributed by atoms with van der Waals surface area (Å²) in [6.45, 7) is 7.55. The van der Waals surface area contributed by atoms with E-state index in [1.54, 1.807) is 6.92 Å². The lowest BCUT2D eigenvalue weighted by Gasteiger charge is -2.37. The van der Waals surface area contributed by atoms with Crippen molar-refractivity contribution in [3.05, 3.63) is 71.4 Å². The zero-order valence-corrected chi connectivity index (χ0v) is 19.4. The number of fused-ring (bicyclic) bond motifs is 1. The predicted octanol–water partition coefficient (Wildman–Crippen LogP) is 4.66. The molecule has 0 spiro atoms. The van der Waals surface area contributed by atoms with Gasteiger partial charge in [-0.2, -0.15) is 0 Å². The minimum atomic E-state index is -0.537. The fourth-order valence-electron chi connectivity index (χ4n) is 4.48. The summed E-state index contributed by atoms with van der Waals surface area (Å²) in [5.74, 6) is 0.938. The normalized spacial score (nSPS) is 16.1. The number of hydrogen-bond acceptors (Lipinski definition) is 8. The third-order valence-electron chi connectivity index (χ3n) is 6.04. The molecule has 1 fully saturated rings. The minimum Gasteiger partial charge on any atom is -0.460 e. The van der Waals surface area contributed by atoms with Gasteiger partial charge >= 0.3 is 5.97 Å². The molecule has 2 aromatic heterocycles. The van der Waals surface area contributed by atoms with Crippen LogP contribution in [0.1, 0.15) is 40.6 Å². The number of ether oxygens (including phenoxy) is 2. The van der Waals surface area contributed by atoms with Crippen molar-refractivity contribution in [2.45, 2.75) is 26.8 Å². The van der Waals surface area contributed by atoms with Crippen molar-refractivity contribution in [2.24, 2.45) is 0 Å². The second-order valence-electron chi connectivity index (χ2n) is 8.22. The maximum atomic E-state index is 12.6. The first-order valence-electron chi connectivity index (χ1n) is 11.4. The first kappa shape index (κ1) is 22.0. The summed E-state index contributed by atoms with van der Waals surface area (Å²) in [6, 6.07) is 16.0. The van der Waals surface area contributed by atoms with Gasteiger partial charge in [0, 0.05) is 17.5 Å². The molecule has 5 rings (SSSR count). The van der Waals surface area contributed by atoms with Crippen molar-refractivity contribution in [1.82, 2.24) is 15.1 Å². The Morgan fingerprint density at radius 3 is 2.71 bits per heavy atom. The van der Waals surface area contributed by atoms with Crippen LogP contribution in [0, 0.1) is 13.8 Å². The number of aromatic nitrogens is 3. The van der Waals surface area contributed by atoms with Gasteiger partial charge in [0.15, 0.2) is 0 Å². The summed E-state index contributed by atoms with van der Waals surface area (Å²) in [6.07, 6.45) is 0. The predicted molar refractivity (Wildman–Crippen MR) is 128 cm³/mol. The Kier molecular flexibility index (Phi) is 5.98. The molecule has 1 atom stereocenters. The smallest absolute Gasteiger partial charge is 0.376 e. The van der Waals surface area contributed by atoms with Gasteiger partial charge in [-0.3, -0.25) is 0 Å². The highest BCUT2D eigenvalue weighted by Crippen LogP contribution is 2.36. The van der Waals surface area contributed by atoms with Crippen LogP contribution >= 0.6 is 0 Å². The lowest BCUT2D eigenvalue weighted by Crippen LogP contribution is -2.40. The maximum absolute atomic E-state index is 12.6. The van der Waals surface area contributed by atoms with E-state index in [0.717, 1.165) is 33.5 Å². The van der Waals surface area contributed by atoms with E-state index in [9.17, 15) is 4.79 Å². The van der Waals surface area contributed by atoms with Gasteiger partial charge in [0.25, 0.3) is 0 Å². The van der Waals surface area contributed by atoms with E-state index in [1.807, 2.05) is 50.2 Å². The first-order chi connectivity index (χ1) is 16.6. The van der Waals surface area contributed by atoms with E-state index in [1.165, 1.54) is 0 Å². The highest BCUT2D eigenvalue weighted by Gasteiger charge is 2.29. The zero-order valence-electron chi connectivity index (χ0n) is 19.4. The molecule has 174 valence electrons. The molecule has 34 heavy (non-hydrogen) atoms. The first-order valence-corrected chi connectivity index (χ1v) is 11.4. The average Bonchev–Trinajstić information content (AvgIpc) is 3.21. The molecule has 0 saturated carbocycles. The van der Waals surface area contributed by atoms with Gasteiger partial charge in [-0.1, -0.05) is 41.6 Å². The zero-order chi connectivity index (χ0) is 23.7. The van der Waals surface area contributed by atoms with Crippen molar-refractivity contribution in [3.8, 4) is 11.1 Å². The van der Waals surface area contributed by atoms with Crippen molar-refractivity contribution in [2.75, 3.05) is 31.3 Å². The lowest BCUT2D eigenvalue weighted by atomic mass is 10.0. The van der Waals surface area contributed by atoms with Gasteiger partial charge in [-0.05, 0) is 44.0 Å². The summed E-state index contributed by atoms with van der Waals surface area (Å²) in [5.41, 5.74) is 4.51. The Hall–Kier alpha value is -3.78. The number of benzene rings is 2. The Balaban J connectivity index is 1.71. The SMILES string of the molecule is CCOC(=O)c1nc(N2CCOC[C@@H]2c2ccccc2)c2cc(-c3c(C)noc3C)ccc2n1. The van der Waals surface area contributed by atoms with Gasteiger partial charge in [0.05, 0.1) is 37.1 Å². The van der Waals surface area contributed by atoms with Crippen LogP contribution in [-0.4, -0.2) is 47.5 Å². The standard InChI is InChI=1S/C26H26N4O4/c1-4-33-26(31)24-27-21-11-10-19(23-16(2)29-34-17(23)3)14-20(21)25(28-24)30-12-13-32-15-22(30)18-8-6-5-7-9-18/h5-11,14,22H,4,12-13,15H2,1-3H3/t22-/m1/s1. The topological polar surface area (TPSA) is 90.6 Å². The van der Waals surface area contributed by atoms with Crippen LogP contribution in [0.4, 0.5) is 5.82 Å². The number of carbonyl (C=O) groups is 1. The molecule has 3 heterocycles. The van der Waals surface area contributed by atoms with E-state index >= 15 is 0 Å². The molecule has 2 aromatic carbocycles. The molecule has 4 aromatic rings. The van der Waals surface area contributed by atoms with E-state index in [0.29, 0.717) is 31.1 Å². The number of aryl methyl sites for hydroxylation is 2. The van der Waals surface area contributed by atoms with Crippen LogP contribution in [0.3, 0.4) is 0 Å². The Morgan fingerprint density at radius 1 is 1.15 bits per heavy atom. The van der Waals surface area contributed by atoms with Crippen molar-refractivity contribution >= 4 is 22.7 Å². The third kappa shape index (κ3) is 4.01. The molecular formula is C26H26N4O4. The largest absolute Gasteiger partial charge is 0.460 e. The molecule has 0 amide bonds. The van der Waals surface area contributed by atoms with Crippen molar-refractivity contribution in [1.29, 1.82) is 0 Å². The highest BCUT2D eigenvalue weighted by atomic mass is 16.5. The Bertz CT molecular complexity index is 1320. The summed E-state index contributed by atoms with van der Waals surface area (Å²) in [7, 11) is 0. The molecule has 0 aliphatic carbocycles. The molecule has 8 nitrogen and oxygen atoms in total. The van der Waals surface area contributed by atoms with Gasteiger partial charge < -0.3 is 18.9 Å². The van der Waals surface area contributed by atoms with Crippen LogP contribution in [0.2, 0.25) is 0 Å². The number of carbonyl (C=O) groups excluding carboxylic acids is 1. The summed E-state index contributed by atoms with van der Waals surface area (Å²) >= 11 is 0. The van der Waals surface area contributed by atoms with Gasteiger partial charge in [0.2, 0.25) is 5.82 Å². The quantitative estimate of drug-likeness (QED) is 0.399. The number of rotatable bonds is 5. The second-order valence-corrected chi connectivity index (χ2v) is 8.22. The van der Waals surface area contributed by atoms with Crippen molar-refractivity contribution in [3.63, 3.8) is 0 Å². The lowest BCUT2D eigenvalue weighted by molar-refractivity contribution is 0.0512. The van der Waals surface area contributed by atoms with E-state index in [4.69, 9.17) is 19.0 Å². The minimum absolute atomic E-state index is 0.0488. The van der Waals surface area contributed by atoms with Crippen LogP contribution in [-0.2, 0) is 9.47 Å². The second kappa shape index (κ2) is 9.23. The van der Waals surface area contributed by atoms with Crippen LogP contribution < -0.4 is 4.90 Å². The molecule has 0 unspecified atom stereocenters. The van der Waals surface area contributed by atoms with Crippen molar-refractivity contribution < 1.29 is 18.8 Å². The average molecular weight is 459 g/mol. The molecule has 8 heteroatoms. The summed E-state index contributed by atoms with van der Waals surface area (Å²) in [5, 5.41) is 4.94. The summed E-state index contributed by atoms with van der Waals surface area (Å²) in [4.78, 5) is 24.1. The molecule has 0 radical (unpaired) electrons. The monoisotopic (exact) mass is 458 g/mol. The third-order valence-corrected chi connectivity index (χ3v) is 6.04. The molecule has 0 N–H and O–H groups in total. The molecule has 1 saturated heterocycles. The Labute approximate surface area is 197 Å². The number of nitrogens with zero attached hydrogens (tertiary/aromatic N) is 4. The number of anilines is 1. The number of esters is 1. The van der Waals surface area contributed by atoms with Gasteiger partial charge in [0.1, 0.15) is 11.6 Å². The summed E-state index contributed by atoms with van der Waals surface area (Å²) < 4.78 is 16.4. The fraction of sp³-hybridized carbons (Fsp3) is 0.308. The number of morpholine rings is 1. The highest BCUT2D eigenvalue weighted by molar-refractivity contribution is 5.97. The van der Waals surface area contributed by atoms with Crippen LogP contribution in [0.5, 0.6) is 0 Å².